The highest BCUT2D eigenvalue weighted by Gasteiger charge is 2.23. The van der Waals surface area contributed by atoms with Gasteiger partial charge in [0.2, 0.25) is 0 Å². The molecule has 2 nitrogen and oxygen atoms in total. The molecular formula is C26H36O2S2. The Labute approximate surface area is 191 Å². The van der Waals surface area contributed by atoms with E-state index in [9.17, 15) is 0 Å². The molecule has 0 saturated carbocycles. The van der Waals surface area contributed by atoms with Crippen LogP contribution in [0.4, 0.5) is 0 Å². The van der Waals surface area contributed by atoms with Crippen molar-refractivity contribution in [1.82, 2.24) is 0 Å². The molecule has 1 heterocycles. The molecule has 0 N–H and O–H groups in total. The Morgan fingerprint density at radius 3 is 1.03 bits per heavy atom. The monoisotopic (exact) mass is 444 g/mol. The maximum Gasteiger partial charge on any atom is 0.126 e. The van der Waals surface area contributed by atoms with Crippen molar-refractivity contribution in [2.75, 3.05) is 14.2 Å². The molecule has 0 fully saturated rings. The number of thioether (sulfide) groups is 2. The Balaban J connectivity index is 2.06. The summed E-state index contributed by atoms with van der Waals surface area (Å²) in [6.45, 7) is 13.7. The van der Waals surface area contributed by atoms with Crippen LogP contribution in [0.2, 0.25) is 0 Å². The standard InChI is InChI=1S/C26H36O2S2/c1-25(2,3)21-9-17-13-29-15-19-11-22(26(4,5)6)12-20(24(19)28-8)16-30-14-18(10-21)23(17)27-7/h9-12H,13-16H2,1-8H3. The molecule has 0 saturated heterocycles. The van der Waals surface area contributed by atoms with Gasteiger partial charge in [0.1, 0.15) is 11.5 Å². The second kappa shape index (κ2) is 9.08. The van der Waals surface area contributed by atoms with Crippen molar-refractivity contribution in [2.45, 2.75) is 75.4 Å². The molecule has 0 unspecified atom stereocenters. The first-order chi connectivity index (χ1) is 14.0. The highest BCUT2D eigenvalue weighted by atomic mass is 32.2. The summed E-state index contributed by atoms with van der Waals surface area (Å²) in [6, 6.07) is 9.39. The molecule has 4 bridgehead atoms. The molecule has 3 rings (SSSR count). The number of fused-ring (bicyclic) bond motifs is 4. The normalized spacial score (nSPS) is 15.2. The van der Waals surface area contributed by atoms with Crippen molar-refractivity contribution in [3.05, 3.63) is 57.6 Å². The smallest absolute Gasteiger partial charge is 0.126 e. The number of ether oxygens (including phenoxy) is 2. The predicted octanol–water partition coefficient (Wildman–Crippen LogP) is 7.48. The van der Waals surface area contributed by atoms with Crippen molar-refractivity contribution in [2.24, 2.45) is 0 Å². The minimum absolute atomic E-state index is 0.122. The van der Waals surface area contributed by atoms with Gasteiger partial charge in [-0.2, -0.15) is 23.5 Å². The summed E-state index contributed by atoms with van der Waals surface area (Å²) < 4.78 is 11.8. The zero-order valence-electron chi connectivity index (χ0n) is 19.8. The lowest BCUT2D eigenvalue weighted by Crippen LogP contribution is -2.14. The zero-order valence-corrected chi connectivity index (χ0v) is 21.4. The van der Waals surface area contributed by atoms with Gasteiger partial charge in [-0.15, -0.1) is 0 Å². The van der Waals surface area contributed by atoms with Gasteiger partial charge < -0.3 is 9.47 Å². The van der Waals surface area contributed by atoms with Gasteiger partial charge in [-0.1, -0.05) is 65.8 Å². The average molecular weight is 445 g/mol. The summed E-state index contributed by atoms with van der Waals surface area (Å²) in [4.78, 5) is 0. The van der Waals surface area contributed by atoms with E-state index >= 15 is 0 Å². The molecule has 0 aliphatic carbocycles. The summed E-state index contributed by atoms with van der Waals surface area (Å²) in [7, 11) is 3.61. The van der Waals surface area contributed by atoms with Crippen LogP contribution in [0.3, 0.4) is 0 Å². The quantitative estimate of drug-likeness (QED) is 0.478. The molecule has 1 aliphatic rings. The lowest BCUT2D eigenvalue weighted by Gasteiger charge is -2.25. The van der Waals surface area contributed by atoms with E-state index in [0.717, 1.165) is 34.5 Å². The first-order valence-electron chi connectivity index (χ1n) is 10.6. The molecule has 4 heteroatoms. The molecule has 0 aromatic heterocycles. The molecule has 30 heavy (non-hydrogen) atoms. The minimum Gasteiger partial charge on any atom is -0.496 e. The highest BCUT2D eigenvalue weighted by molar-refractivity contribution is 7.98. The lowest BCUT2D eigenvalue weighted by atomic mass is 9.85. The molecule has 164 valence electrons. The van der Waals surface area contributed by atoms with E-state index < -0.39 is 0 Å². The molecule has 0 spiro atoms. The Morgan fingerprint density at radius 1 is 0.567 bits per heavy atom. The number of methoxy groups -OCH3 is 2. The molecule has 0 radical (unpaired) electrons. The largest absolute Gasteiger partial charge is 0.496 e. The van der Waals surface area contributed by atoms with Crippen molar-refractivity contribution >= 4 is 23.5 Å². The predicted molar refractivity (Wildman–Crippen MR) is 133 cm³/mol. The lowest BCUT2D eigenvalue weighted by molar-refractivity contribution is 0.406. The maximum atomic E-state index is 5.90. The van der Waals surface area contributed by atoms with Crippen LogP contribution < -0.4 is 9.47 Å². The third-order valence-corrected chi connectivity index (χ3v) is 7.72. The molecule has 1 aliphatic heterocycles. The highest BCUT2D eigenvalue weighted by Crippen LogP contribution is 2.41. The van der Waals surface area contributed by atoms with Crippen molar-refractivity contribution in [1.29, 1.82) is 0 Å². The minimum atomic E-state index is 0.122. The number of hydrogen-bond donors (Lipinski definition) is 0. The van der Waals surface area contributed by atoms with Gasteiger partial charge in [0, 0.05) is 45.3 Å². The van der Waals surface area contributed by atoms with Gasteiger partial charge in [0.15, 0.2) is 0 Å². The summed E-state index contributed by atoms with van der Waals surface area (Å²) in [6.07, 6.45) is 0. The Morgan fingerprint density at radius 2 is 0.833 bits per heavy atom. The van der Waals surface area contributed by atoms with Gasteiger partial charge in [-0.05, 0) is 22.0 Å². The maximum absolute atomic E-state index is 5.90. The summed E-state index contributed by atoms with van der Waals surface area (Å²) >= 11 is 3.88. The van der Waals surface area contributed by atoms with Crippen LogP contribution in [0.25, 0.3) is 0 Å². The second-order valence-corrected chi connectivity index (χ2v) is 12.1. The SMILES string of the molecule is COc1c2cc(C(C)(C)C)cc1CSCc1cc(C(C)(C)C)cc(c1OC)CSC2. The van der Waals surface area contributed by atoms with Gasteiger partial charge in [-0.3, -0.25) is 0 Å². The van der Waals surface area contributed by atoms with Crippen LogP contribution in [0, 0.1) is 0 Å². The molecule has 2 aromatic carbocycles. The summed E-state index contributed by atoms with van der Waals surface area (Å²) in [5.74, 6) is 5.86. The molecule has 0 atom stereocenters. The first-order valence-corrected chi connectivity index (χ1v) is 12.9. The Bertz CT molecular complexity index is 779. The molecular weight excluding hydrogens is 408 g/mol. The van der Waals surface area contributed by atoms with Gasteiger partial charge in [-0.25, -0.2) is 0 Å². The Hall–Kier alpha value is -1.26. The van der Waals surface area contributed by atoms with E-state index in [4.69, 9.17) is 9.47 Å². The fraction of sp³-hybridized carbons (Fsp3) is 0.538. The number of rotatable bonds is 2. The third kappa shape index (κ3) is 5.13. The third-order valence-electron chi connectivity index (χ3n) is 5.66. The number of hydrogen-bond acceptors (Lipinski definition) is 4. The van der Waals surface area contributed by atoms with Crippen LogP contribution in [-0.2, 0) is 33.8 Å². The van der Waals surface area contributed by atoms with Crippen molar-refractivity contribution < 1.29 is 9.47 Å². The number of benzene rings is 2. The van der Waals surface area contributed by atoms with E-state index in [-0.39, 0.29) is 10.8 Å². The molecule has 2 aromatic rings. The van der Waals surface area contributed by atoms with Crippen LogP contribution >= 0.6 is 23.5 Å². The fourth-order valence-corrected chi connectivity index (χ4v) is 5.81. The zero-order chi connectivity index (χ0) is 22.1. The topological polar surface area (TPSA) is 18.5 Å². The van der Waals surface area contributed by atoms with Crippen LogP contribution in [0.5, 0.6) is 11.5 Å². The van der Waals surface area contributed by atoms with Gasteiger partial charge >= 0.3 is 0 Å². The van der Waals surface area contributed by atoms with Crippen LogP contribution in [-0.4, -0.2) is 14.2 Å². The first kappa shape index (κ1) is 23.4. The van der Waals surface area contributed by atoms with Crippen LogP contribution in [0.15, 0.2) is 24.3 Å². The van der Waals surface area contributed by atoms with Gasteiger partial charge in [0.25, 0.3) is 0 Å². The second-order valence-electron chi connectivity index (χ2n) is 10.1. The van der Waals surface area contributed by atoms with Crippen molar-refractivity contribution in [3.8, 4) is 11.5 Å². The molecule has 0 amide bonds. The van der Waals surface area contributed by atoms with E-state index in [1.807, 2.05) is 37.7 Å². The van der Waals surface area contributed by atoms with E-state index in [1.165, 1.54) is 33.4 Å². The average Bonchev–Trinajstić information content (AvgIpc) is 2.65. The Kier molecular flexibility index (Phi) is 7.08. The van der Waals surface area contributed by atoms with Gasteiger partial charge in [0.05, 0.1) is 14.2 Å². The van der Waals surface area contributed by atoms with Crippen LogP contribution in [0.1, 0.15) is 74.9 Å². The van der Waals surface area contributed by atoms with Crippen molar-refractivity contribution in [3.63, 3.8) is 0 Å². The fourth-order valence-electron chi connectivity index (χ4n) is 3.87. The van der Waals surface area contributed by atoms with E-state index in [2.05, 4.69) is 65.8 Å². The van der Waals surface area contributed by atoms with E-state index in [1.54, 1.807) is 0 Å². The summed E-state index contributed by atoms with van der Waals surface area (Å²) in [5, 5.41) is 0. The van der Waals surface area contributed by atoms with E-state index in [0.29, 0.717) is 0 Å². The summed E-state index contributed by atoms with van der Waals surface area (Å²) in [5.41, 5.74) is 8.23.